The highest BCUT2D eigenvalue weighted by Gasteiger charge is 2.34. The van der Waals surface area contributed by atoms with Crippen molar-refractivity contribution >= 4 is 0 Å². The van der Waals surface area contributed by atoms with E-state index in [0.29, 0.717) is 6.54 Å². The summed E-state index contributed by atoms with van der Waals surface area (Å²) in [4.78, 5) is 2.17. The van der Waals surface area contributed by atoms with Crippen LogP contribution in [0.5, 0.6) is 0 Å². The van der Waals surface area contributed by atoms with Crippen LogP contribution in [0, 0.1) is 0 Å². The maximum absolute atomic E-state index is 12.2. The largest absolute Gasteiger partial charge is 0.430 e. The van der Waals surface area contributed by atoms with E-state index in [9.17, 15) is 13.2 Å². The van der Waals surface area contributed by atoms with Gasteiger partial charge in [0.05, 0.1) is 0 Å². The number of hydrogen-bond acceptors (Lipinski definition) is 2. The van der Waals surface area contributed by atoms with Crippen LogP contribution in [-0.2, 0) is 0 Å². The Hall–Kier alpha value is -0.710. The summed E-state index contributed by atoms with van der Waals surface area (Å²) < 4.78 is 36.5. The van der Waals surface area contributed by atoms with Gasteiger partial charge in [0.25, 0.3) is 0 Å². The van der Waals surface area contributed by atoms with E-state index in [1.54, 1.807) is 0 Å². The summed E-state index contributed by atoms with van der Waals surface area (Å²) in [5, 5.41) is 2.45. The third-order valence-corrected chi connectivity index (χ3v) is 2.53. The molecule has 88 valence electrons. The van der Waals surface area contributed by atoms with E-state index >= 15 is 0 Å². The minimum absolute atomic E-state index is 0.106. The minimum atomic E-state index is -4.32. The van der Waals surface area contributed by atoms with E-state index in [4.69, 9.17) is 0 Å². The van der Waals surface area contributed by atoms with E-state index in [0.717, 1.165) is 25.9 Å². The third kappa shape index (κ3) is 3.74. The molecule has 0 saturated carbocycles. The number of nitrogens with one attached hydrogen (secondary N) is 1. The van der Waals surface area contributed by atoms with Crippen LogP contribution in [0.15, 0.2) is 12.3 Å². The predicted octanol–water partition coefficient (Wildman–Crippen LogP) is 2.14. The van der Waals surface area contributed by atoms with Crippen LogP contribution in [0.4, 0.5) is 13.2 Å². The zero-order valence-electron chi connectivity index (χ0n) is 8.90. The zero-order valence-corrected chi connectivity index (χ0v) is 8.90. The average Bonchev–Trinajstić information content (AvgIpc) is 2.51. The summed E-state index contributed by atoms with van der Waals surface area (Å²) >= 11 is 0. The van der Waals surface area contributed by atoms with Crippen LogP contribution in [0.25, 0.3) is 0 Å². The SMILES string of the molecule is C=C(NC1CCN(CCC)C1)C(F)(F)F. The third-order valence-electron chi connectivity index (χ3n) is 2.53. The van der Waals surface area contributed by atoms with Crippen molar-refractivity contribution < 1.29 is 13.2 Å². The first kappa shape index (κ1) is 12.4. The Balaban J connectivity index is 2.33. The molecule has 0 aliphatic carbocycles. The van der Waals surface area contributed by atoms with Gasteiger partial charge < -0.3 is 10.2 Å². The van der Waals surface area contributed by atoms with E-state index in [2.05, 4.69) is 23.7 Å². The van der Waals surface area contributed by atoms with Gasteiger partial charge >= 0.3 is 6.18 Å². The highest BCUT2D eigenvalue weighted by atomic mass is 19.4. The second-order valence-electron chi connectivity index (χ2n) is 3.91. The topological polar surface area (TPSA) is 15.3 Å². The predicted molar refractivity (Wildman–Crippen MR) is 53.5 cm³/mol. The fourth-order valence-corrected chi connectivity index (χ4v) is 1.80. The Kier molecular flexibility index (Phi) is 4.02. The van der Waals surface area contributed by atoms with Crippen LogP contribution < -0.4 is 5.32 Å². The quantitative estimate of drug-likeness (QED) is 0.784. The van der Waals surface area contributed by atoms with Crippen molar-refractivity contribution in [3.8, 4) is 0 Å². The summed E-state index contributed by atoms with van der Waals surface area (Å²) in [5.41, 5.74) is -0.828. The summed E-state index contributed by atoms with van der Waals surface area (Å²) in [7, 11) is 0. The van der Waals surface area contributed by atoms with Gasteiger partial charge in [-0.15, -0.1) is 0 Å². The number of nitrogens with zero attached hydrogens (tertiary/aromatic N) is 1. The van der Waals surface area contributed by atoms with Crippen molar-refractivity contribution in [3.05, 3.63) is 12.3 Å². The van der Waals surface area contributed by atoms with Crippen molar-refractivity contribution in [3.63, 3.8) is 0 Å². The maximum atomic E-state index is 12.2. The minimum Gasteiger partial charge on any atom is -0.377 e. The Bertz CT molecular complexity index is 225. The molecule has 2 nitrogen and oxygen atoms in total. The van der Waals surface area contributed by atoms with E-state index in [-0.39, 0.29) is 6.04 Å². The number of likely N-dealkylation sites (tertiary alicyclic amines) is 1. The van der Waals surface area contributed by atoms with E-state index in [1.807, 2.05) is 0 Å². The van der Waals surface area contributed by atoms with Gasteiger partial charge in [0, 0.05) is 19.1 Å². The molecule has 0 amide bonds. The normalized spacial score (nSPS) is 23.1. The van der Waals surface area contributed by atoms with E-state index < -0.39 is 11.9 Å². The van der Waals surface area contributed by atoms with Crippen LogP contribution in [0.3, 0.4) is 0 Å². The summed E-state index contributed by atoms with van der Waals surface area (Å²) in [6, 6.07) is -0.106. The fraction of sp³-hybridized carbons (Fsp3) is 0.800. The molecule has 0 spiro atoms. The molecular weight excluding hydrogens is 205 g/mol. The number of rotatable bonds is 4. The molecule has 0 aromatic rings. The van der Waals surface area contributed by atoms with Crippen LogP contribution in [-0.4, -0.2) is 36.8 Å². The standard InChI is InChI=1S/C10H17F3N2/c1-3-5-15-6-4-9(7-15)14-8(2)10(11,12)13/h9,14H,2-7H2,1H3. The molecule has 1 N–H and O–H groups in total. The second-order valence-corrected chi connectivity index (χ2v) is 3.91. The molecule has 5 heteroatoms. The number of hydrogen-bond donors (Lipinski definition) is 1. The summed E-state index contributed by atoms with van der Waals surface area (Å²) in [6.07, 6.45) is -2.53. The summed E-state index contributed by atoms with van der Waals surface area (Å²) in [6.45, 7) is 7.58. The van der Waals surface area contributed by atoms with Gasteiger partial charge in [-0.25, -0.2) is 0 Å². The van der Waals surface area contributed by atoms with Gasteiger partial charge in [-0.1, -0.05) is 13.5 Å². The lowest BCUT2D eigenvalue weighted by Crippen LogP contribution is -2.36. The highest BCUT2D eigenvalue weighted by molar-refractivity contribution is 5.02. The van der Waals surface area contributed by atoms with Gasteiger partial charge in [-0.3, -0.25) is 0 Å². The number of allylic oxidation sites excluding steroid dienone is 1. The molecule has 0 aromatic heterocycles. The molecule has 1 atom stereocenters. The zero-order chi connectivity index (χ0) is 11.5. The number of alkyl halides is 3. The molecule has 1 unspecified atom stereocenters. The first-order valence-electron chi connectivity index (χ1n) is 5.18. The maximum Gasteiger partial charge on any atom is 0.430 e. The molecule has 1 aliphatic rings. The van der Waals surface area contributed by atoms with Crippen LogP contribution in [0.1, 0.15) is 19.8 Å². The Morgan fingerprint density at radius 1 is 1.53 bits per heavy atom. The van der Waals surface area contributed by atoms with Crippen molar-refractivity contribution in [2.24, 2.45) is 0 Å². The van der Waals surface area contributed by atoms with E-state index in [1.165, 1.54) is 0 Å². The Morgan fingerprint density at radius 3 is 2.73 bits per heavy atom. The molecule has 1 aliphatic heterocycles. The Morgan fingerprint density at radius 2 is 2.20 bits per heavy atom. The van der Waals surface area contributed by atoms with Crippen molar-refractivity contribution in [2.45, 2.75) is 32.0 Å². The molecule has 1 heterocycles. The van der Waals surface area contributed by atoms with Crippen LogP contribution >= 0.6 is 0 Å². The molecule has 0 radical (unpaired) electrons. The molecule has 1 saturated heterocycles. The van der Waals surface area contributed by atoms with Gasteiger partial charge in [0.15, 0.2) is 0 Å². The fourth-order valence-electron chi connectivity index (χ4n) is 1.80. The van der Waals surface area contributed by atoms with Gasteiger partial charge in [0.2, 0.25) is 0 Å². The first-order valence-corrected chi connectivity index (χ1v) is 5.18. The smallest absolute Gasteiger partial charge is 0.377 e. The molecule has 15 heavy (non-hydrogen) atoms. The monoisotopic (exact) mass is 222 g/mol. The lowest BCUT2D eigenvalue weighted by Gasteiger charge is -2.19. The second kappa shape index (κ2) is 4.88. The molecule has 1 rings (SSSR count). The highest BCUT2D eigenvalue weighted by Crippen LogP contribution is 2.23. The summed E-state index contributed by atoms with van der Waals surface area (Å²) in [5.74, 6) is 0. The lowest BCUT2D eigenvalue weighted by atomic mass is 10.2. The van der Waals surface area contributed by atoms with Gasteiger partial charge in [0.1, 0.15) is 5.70 Å². The number of halogens is 3. The van der Waals surface area contributed by atoms with Crippen molar-refractivity contribution in [1.82, 2.24) is 10.2 Å². The average molecular weight is 222 g/mol. The molecule has 0 bridgehead atoms. The lowest BCUT2D eigenvalue weighted by molar-refractivity contribution is -0.0972. The molecule has 1 fully saturated rings. The van der Waals surface area contributed by atoms with Gasteiger partial charge in [-0.05, 0) is 19.4 Å². The molecule has 0 aromatic carbocycles. The van der Waals surface area contributed by atoms with Crippen LogP contribution in [0.2, 0.25) is 0 Å². The molecular formula is C10H17F3N2. The first-order chi connectivity index (χ1) is 6.93. The van der Waals surface area contributed by atoms with Gasteiger partial charge in [-0.2, -0.15) is 13.2 Å². The Labute approximate surface area is 88.1 Å². The van der Waals surface area contributed by atoms with Crippen molar-refractivity contribution in [2.75, 3.05) is 19.6 Å². The van der Waals surface area contributed by atoms with Crippen molar-refractivity contribution in [1.29, 1.82) is 0 Å².